The number of para-hydroxylation sites is 1. The lowest BCUT2D eigenvalue weighted by Gasteiger charge is -2.31. The van der Waals surface area contributed by atoms with Crippen molar-refractivity contribution in [1.82, 2.24) is 10.6 Å². The Kier molecular flexibility index (Phi) is 12.8. The number of alkyl halides is 2. The highest BCUT2D eigenvalue weighted by Crippen LogP contribution is 2.59. The molecule has 288 valence electrons. The summed E-state index contributed by atoms with van der Waals surface area (Å²) in [4.78, 5) is 73.9. The van der Waals surface area contributed by atoms with Crippen molar-refractivity contribution in [2.45, 2.75) is 87.3 Å². The smallest absolute Gasteiger partial charge is 0.372 e. The number of benzene rings is 3. The number of nitrogens with zero attached hydrogens (tertiary/aromatic N) is 1. The van der Waals surface area contributed by atoms with Crippen LogP contribution >= 0.6 is 19.4 Å². The van der Waals surface area contributed by atoms with Gasteiger partial charge >= 0.3 is 13.3 Å². The molecule has 0 aromatic heterocycles. The van der Waals surface area contributed by atoms with E-state index in [9.17, 15) is 32.5 Å². The van der Waals surface area contributed by atoms with Gasteiger partial charge in [0.1, 0.15) is 12.1 Å². The van der Waals surface area contributed by atoms with Crippen LogP contribution in [0.4, 0.5) is 14.5 Å². The fourth-order valence-electron chi connectivity index (χ4n) is 6.64. The van der Waals surface area contributed by atoms with Crippen LogP contribution in [0.25, 0.3) is 5.57 Å². The Labute approximate surface area is 316 Å². The number of halogens is 2. The predicted molar refractivity (Wildman–Crippen MR) is 201 cm³/mol. The fourth-order valence-corrected chi connectivity index (χ4v) is 7.53. The molecule has 6 N–H and O–H groups in total. The van der Waals surface area contributed by atoms with E-state index in [2.05, 4.69) is 10.6 Å². The number of anilines is 1. The summed E-state index contributed by atoms with van der Waals surface area (Å²) >= 11 is 1.62. The molecule has 54 heavy (non-hydrogen) atoms. The van der Waals surface area contributed by atoms with Crippen molar-refractivity contribution in [2.24, 2.45) is 5.73 Å². The molecule has 4 atom stereocenters. The summed E-state index contributed by atoms with van der Waals surface area (Å²) in [6.45, 7) is 3.62. The van der Waals surface area contributed by atoms with E-state index in [1.54, 1.807) is 25.6 Å². The Morgan fingerprint density at radius 3 is 2.39 bits per heavy atom. The number of thioether (sulfide) groups is 1. The van der Waals surface area contributed by atoms with Crippen molar-refractivity contribution in [3.05, 3.63) is 101 Å². The van der Waals surface area contributed by atoms with Crippen LogP contribution in [0.2, 0.25) is 0 Å². The maximum absolute atomic E-state index is 14.2. The molecule has 0 unspecified atom stereocenters. The molecule has 3 aromatic rings. The zero-order valence-corrected chi connectivity index (χ0v) is 31.7. The summed E-state index contributed by atoms with van der Waals surface area (Å²) < 4.78 is 45.6. The molecule has 12 nitrogen and oxygen atoms in total. The molecule has 0 fully saturated rings. The van der Waals surface area contributed by atoms with Crippen LogP contribution in [-0.4, -0.2) is 63.9 Å². The van der Waals surface area contributed by atoms with E-state index in [0.29, 0.717) is 23.2 Å². The quantitative estimate of drug-likeness (QED) is 0.0821. The van der Waals surface area contributed by atoms with Crippen LogP contribution in [0.5, 0.6) is 0 Å². The lowest BCUT2D eigenvalue weighted by molar-refractivity contribution is -0.129. The first-order chi connectivity index (χ1) is 25.5. The molecule has 2 aliphatic rings. The Morgan fingerprint density at radius 1 is 1.09 bits per heavy atom. The number of aryl methyl sites for hydroxylation is 1. The maximum Gasteiger partial charge on any atom is 0.399 e. The van der Waals surface area contributed by atoms with E-state index in [-0.39, 0.29) is 32.3 Å². The molecule has 0 bridgehead atoms. The highest BCUT2D eigenvalue weighted by molar-refractivity contribution is 7.98. The van der Waals surface area contributed by atoms with Crippen LogP contribution in [0.1, 0.15) is 60.9 Å². The van der Waals surface area contributed by atoms with Crippen LogP contribution < -0.4 is 21.3 Å². The van der Waals surface area contributed by atoms with E-state index in [4.69, 9.17) is 20.3 Å². The second kappa shape index (κ2) is 17.0. The lowest BCUT2D eigenvalue weighted by atomic mass is 10.0. The summed E-state index contributed by atoms with van der Waals surface area (Å²) in [6.07, 6.45) is 3.80. The minimum absolute atomic E-state index is 0.00378. The third kappa shape index (κ3) is 9.27. The maximum atomic E-state index is 14.2. The third-order valence-corrected chi connectivity index (χ3v) is 11.4. The molecular weight excluding hydrogens is 741 g/mol. The number of amides is 4. The molecular formula is C38H43F2N4O8PS. The van der Waals surface area contributed by atoms with Crippen LogP contribution in [0, 0.1) is 0 Å². The first-order valence-electron chi connectivity index (χ1n) is 17.3. The molecule has 5 rings (SSSR count). The lowest BCUT2D eigenvalue weighted by Crippen LogP contribution is -2.56. The van der Waals surface area contributed by atoms with Gasteiger partial charge in [-0.1, -0.05) is 54.6 Å². The highest BCUT2D eigenvalue weighted by atomic mass is 32.2. The second-order valence-corrected chi connectivity index (χ2v) is 16.0. The summed E-state index contributed by atoms with van der Waals surface area (Å²) in [5, 5.41) is 5.76. The first kappa shape index (κ1) is 40.8. The van der Waals surface area contributed by atoms with Crippen LogP contribution in [0.3, 0.4) is 0 Å². The number of ether oxygens (including phenoxy) is 1. The van der Waals surface area contributed by atoms with Gasteiger partial charge in [0.05, 0.1) is 24.4 Å². The third-order valence-electron chi connectivity index (χ3n) is 9.69. The number of carbonyl (C=O) groups excluding carboxylic acids is 4. The zero-order chi connectivity index (χ0) is 39.4. The highest BCUT2D eigenvalue weighted by Gasteiger charge is 2.50. The predicted octanol–water partition coefficient (Wildman–Crippen LogP) is 4.78. The fraction of sp³-hybridized carbons (Fsp3) is 0.368. The van der Waals surface area contributed by atoms with E-state index in [1.807, 2.05) is 48.7 Å². The van der Waals surface area contributed by atoms with Crippen molar-refractivity contribution in [3.8, 4) is 0 Å². The van der Waals surface area contributed by atoms with Gasteiger partial charge in [0.15, 0.2) is 0 Å². The van der Waals surface area contributed by atoms with Gasteiger partial charge in [-0.15, -0.1) is 11.8 Å². The zero-order valence-electron chi connectivity index (χ0n) is 30.0. The van der Waals surface area contributed by atoms with Crippen molar-refractivity contribution in [2.75, 3.05) is 11.2 Å². The van der Waals surface area contributed by atoms with Gasteiger partial charge in [-0.25, -0.2) is 0 Å². The molecule has 0 spiro atoms. The summed E-state index contributed by atoms with van der Waals surface area (Å²) in [5.41, 5.74) is 4.12. The monoisotopic (exact) mass is 784 g/mol. The van der Waals surface area contributed by atoms with E-state index in [0.717, 1.165) is 33.7 Å². The van der Waals surface area contributed by atoms with Crippen molar-refractivity contribution in [3.63, 3.8) is 0 Å². The van der Waals surface area contributed by atoms with Crippen LogP contribution in [0.15, 0.2) is 77.7 Å². The van der Waals surface area contributed by atoms with Gasteiger partial charge in [-0.3, -0.25) is 28.6 Å². The topological polar surface area (TPSA) is 188 Å². The van der Waals surface area contributed by atoms with Crippen molar-refractivity contribution < 1.29 is 47.0 Å². The number of carbonyl (C=O) groups is 4. The number of nitrogens with one attached hydrogen (secondary N) is 2. The molecule has 0 aliphatic carbocycles. The first-order valence-corrected chi connectivity index (χ1v) is 20.1. The number of rotatable bonds is 15. The van der Waals surface area contributed by atoms with Crippen molar-refractivity contribution in [1.29, 1.82) is 0 Å². The van der Waals surface area contributed by atoms with E-state index < -0.39 is 66.7 Å². The number of nitrogens with two attached hydrogens (primary N) is 1. The molecule has 0 saturated heterocycles. The van der Waals surface area contributed by atoms with Gasteiger partial charge in [0, 0.05) is 29.4 Å². The Morgan fingerprint density at radius 2 is 1.76 bits per heavy atom. The normalized spacial score (nSPS) is 18.4. The Balaban J connectivity index is 1.31. The molecule has 16 heteroatoms. The van der Waals surface area contributed by atoms with E-state index >= 15 is 0 Å². The SMILES string of the molecule is CSc1ccc(CO[C@H](C)[C@H](CCC(N)=O)NC(=O)[C@@H]2Cc3cccc4c3N2C(=O)[C@@H](NC(=O)/C=C(\C)c2ccc(C(F)(F)P(=O)(O)O)cc2)CC4)cc1. The minimum Gasteiger partial charge on any atom is -0.372 e. The molecule has 3 aromatic carbocycles. The summed E-state index contributed by atoms with van der Waals surface area (Å²) in [7, 11) is -5.75. The Bertz CT molecular complexity index is 1970. The number of allylic oxidation sites excluding steroid dienone is 1. The molecule has 0 radical (unpaired) electrons. The minimum atomic E-state index is -5.75. The molecule has 2 heterocycles. The molecule has 0 saturated carbocycles. The summed E-state index contributed by atoms with van der Waals surface area (Å²) in [5.74, 6) is -2.09. The Hall–Kier alpha value is -4.40. The average Bonchev–Trinajstić information content (AvgIpc) is 3.47. The average molecular weight is 785 g/mol. The number of hydrogen-bond donors (Lipinski definition) is 5. The van der Waals surface area contributed by atoms with Gasteiger partial charge in [-0.2, -0.15) is 8.78 Å². The molecule has 2 aliphatic heterocycles. The van der Waals surface area contributed by atoms with Crippen LogP contribution in [-0.2, 0) is 53.6 Å². The largest absolute Gasteiger partial charge is 0.399 e. The van der Waals surface area contributed by atoms with Gasteiger partial charge in [-0.05, 0) is 79.3 Å². The molecule has 4 amide bonds. The summed E-state index contributed by atoms with van der Waals surface area (Å²) in [6, 6.07) is 15.1. The van der Waals surface area contributed by atoms with E-state index in [1.165, 1.54) is 23.1 Å². The number of primary amides is 1. The van der Waals surface area contributed by atoms with Crippen molar-refractivity contribution >= 4 is 54.2 Å². The van der Waals surface area contributed by atoms with Gasteiger partial charge in [0.2, 0.25) is 23.6 Å². The van der Waals surface area contributed by atoms with Gasteiger partial charge in [0.25, 0.3) is 0 Å². The van der Waals surface area contributed by atoms with Gasteiger partial charge < -0.3 is 30.9 Å². The number of hydrogen-bond acceptors (Lipinski definition) is 7. The second-order valence-electron chi connectivity index (χ2n) is 13.4. The standard InChI is InChI=1S/C38H43F2N4O8PS/c1-22(25-9-12-28(13-10-25)38(39,40)53(49,50)51)19-34(46)42-31-16-11-26-5-4-6-27-20-32(44(35(26)27)37(31)48)36(47)43-30(17-18-33(41)45)23(2)52-21-24-7-14-29(54-3)15-8-24/h4-10,12-15,19,23,30-32H,11,16-18,20-21H2,1-3H3,(H2,41,45)(H,42,46)(H,43,47)(H2,49,50,51)/b22-19+/t23-,30+,31+,32+/m1/s1.